The van der Waals surface area contributed by atoms with Crippen LogP contribution in [0.1, 0.15) is 31.2 Å². The van der Waals surface area contributed by atoms with E-state index < -0.39 is 9.84 Å². The molecular formula is C17H19N3O3S2. The third kappa shape index (κ3) is 4.52. The number of sulfone groups is 1. The minimum absolute atomic E-state index is 0.00296. The van der Waals surface area contributed by atoms with Crippen LogP contribution in [0.5, 0.6) is 0 Å². The standard InChI is InChI=1S/C17H19N3O3S2/c1-25(22,23)15-7-6-13(11-19-15)14(10-12-4-2-3-5-12)16(21)20-17-18-8-9-24-17/h6-12H,2-5H2,1H3,(H,18,20,21)/b14-10+. The Morgan fingerprint density at radius 1 is 1.28 bits per heavy atom. The Kier molecular flexibility index (Phi) is 5.29. The molecular weight excluding hydrogens is 358 g/mol. The van der Waals surface area contributed by atoms with E-state index in [-0.39, 0.29) is 10.9 Å². The molecule has 1 amide bonds. The lowest BCUT2D eigenvalue weighted by molar-refractivity contribution is -0.111. The highest BCUT2D eigenvalue weighted by atomic mass is 32.2. The number of anilines is 1. The summed E-state index contributed by atoms with van der Waals surface area (Å²) in [5.41, 5.74) is 1.11. The van der Waals surface area contributed by atoms with E-state index in [1.54, 1.807) is 17.6 Å². The number of hydrogen-bond acceptors (Lipinski definition) is 6. The molecule has 0 radical (unpaired) electrons. The summed E-state index contributed by atoms with van der Waals surface area (Å²) in [6.07, 6.45) is 10.6. The zero-order chi connectivity index (χ0) is 17.9. The first-order chi connectivity index (χ1) is 11.9. The Balaban J connectivity index is 1.91. The van der Waals surface area contributed by atoms with Crippen LogP contribution in [0.4, 0.5) is 5.13 Å². The summed E-state index contributed by atoms with van der Waals surface area (Å²) in [5.74, 6) is 0.0994. The minimum Gasteiger partial charge on any atom is -0.298 e. The molecule has 0 bridgehead atoms. The van der Waals surface area contributed by atoms with E-state index in [9.17, 15) is 13.2 Å². The lowest BCUT2D eigenvalue weighted by Gasteiger charge is -2.11. The van der Waals surface area contributed by atoms with E-state index in [4.69, 9.17) is 0 Å². The molecule has 2 aromatic heterocycles. The molecule has 0 aromatic carbocycles. The van der Waals surface area contributed by atoms with Crippen LogP contribution in [-0.2, 0) is 14.6 Å². The topological polar surface area (TPSA) is 89.0 Å². The van der Waals surface area contributed by atoms with Gasteiger partial charge in [0.2, 0.25) is 0 Å². The largest absolute Gasteiger partial charge is 0.298 e. The van der Waals surface area contributed by atoms with Crippen molar-refractivity contribution >= 4 is 37.8 Å². The number of nitrogens with zero attached hydrogens (tertiary/aromatic N) is 2. The lowest BCUT2D eigenvalue weighted by atomic mass is 9.99. The molecule has 1 aliphatic rings. The molecule has 2 aromatic rings. The number of thiazole rings is 1. The van der Waals surface area contributed by atoms with Gasteiger partial charge in [-0.05, 0) is 30.9 Å². The molecule has 0 unspecified atom stereocenters. The molecule has 1 saturated carbocycles. The molecule has 1 N–H and O–H groups in total. The Hall–Kier alpha value is -2.06. The fourth-order valence-corrected chi connectivity index (χ4v) is 3.95. The summed E-state index contributed by atoms with van der Waals surface area (Å²) in [4.78, 5) is 20.8. The summed E-state index contributed by atoms with van der Waals surface area (Å²) >= 11 is 1.35. The van der Waals surface area contributed by atoms with Crippen molar-refractivity contribution in [1.82, 2.24) is 9.97 Å². The minimum atomic E-state index is -3.37. The van der Waals surface area contributed by atoms with Gasteiger partial charge in [-0.2, -0.15) is 0 Å². The maximum absolute atomic E-state index is 12.7. The molecule has 0 atom stereocenters. The quantitative estimate of drug-likeness (QED) is 0.809. The van der Waals surface area contributed by atoms with E-state index in [2.05, 4.69) is 15.3 Å². The average Bonchev–Trinajstić information content (AvgIpc) is 3.25. The van der Waals surface area contributed by atoms with E-state index >= 15 is 0 Å². The molecule has 3 rings (SSSR count). The normalized spacial score (nSPS) is 16.1. The molecule has 6 nitrogen and oxygen atoms in total. The van der Waals surface area contributed by atoms with Gasteiger partial charge in [0, 0.05) is 35.2 Å². The SMILES string of the molecule is CS(=O)(=O)c1ccc(/C(=C\C2CCCC2)C(=O)Nc2nccs2)cn1. The van der Waals surface area contributed by atoms with Gasteiger partial charge in [0.1, 0.15) is 0 Å². The van der Waals surface area contributed by atoms with Crippen molar-refractivity contribution in [2.45, 2.75) is 30.7 Å². The van der Waals surface area contributed by atoms with Gasteiger partial charge in [0.05, 0.1) is 0 Å². The maximum atomic E-state index is 12.7. The first kappa shape index (κ1) is 17.8. The molecule has 132 valence electrons. The smallest absolute Gasteiger partial charge is 0.257 e. The van der Waals surface area contributed by atoms with Gasteiger partial charge in [0.15, 0.2) is 20.0 Å². The fraction of sp³-hybridized carbons (Fsp3) is 0.353. The number of carbonyl (C=O) groups excluding carboxylic acids is 1. The zero-order valence-corrected chi connectivity index (χ0v) is 15.4. The Bertz CT molecular complexity index is 866. The van der Waals surface area contributed by atoms with Crippen molar-refractivity contribution in [3.05, 3.63) is 41.5 Å². The van der Waals surface area contributed by atoms with E-state index in [0.717, 1.165) is 31.9 Å². The van der Waals surface area contributed by atoms with Crippen molar-refractivity contribution in [2.75, 3.05) is 11.6 Å². The summed E-state index contributed by atoms with van der Waals surface area (Å²) in [7, 11) is -3.37. The second-order valence-electron chi connectivity index (χ2n) is 6.07. The molecule has 1 aliphatic carbocycles. The second kappa shape index (κ2) is 7.45. The van der Waals surface area contributed by atoms with Gasteiger partial charge in [-0.3, -0.25) is 10.1 Å². The Morgan fingerprint density at radius 2 is 2.04 bits per heavy atom. The Morgan fingerprint density at radius 3 is 2.60 bits per heavy atom. The highest BCUT2D eigenvalue weighted by Crippen LogP contribution is 2.30. The van der Waals surface area contributed by atoms with Crippen LogP contribution in [-0.4, -0.2) is 30.5 Å². The van der Waals surface area contributed by atoms with Crippen LogP contribution in [0.2, 0.25) is 0 Å². The van der Waals surface area contributed by atoms with Crippen LogP contribution >= 0.6 is 11.3 Å². The van der Waals surface area contributed by atoms with Crippen molar-refractivity contribution in [2.24, 2.45) is 5.92 Å². The van der Waals surface area contributed by atoms with Crippen molar-refractivity contribution in [3.8, 4) is 0 Å². The highest BCUT2D eigenvalue weighted by molar-refractivity contribution is 7.90. The average molecular weight is 377 g/mol. The number of rotatable bonds is 5. The van der Waals surface area contributed by atoms with Gasteiger partial charge < -0.3 is 0 Å². The van der Waals surface area contributed by atoms with Gasteiger partial charge >= 0.3 is 0 Å². The van der Waals surface area contributed by atoms with Crippen LogP contribution < -0.4 is 5.32 Å². The third-order valence-electron chi connectivity index (χ3n) is 4.13. The van der Waals surface area contributed by atoms with Crippen LogP contribution in [0.15, 0.2) is 41.0 Å². The molecule has 2 heterocycles. The van der Waals surface area contributed by atoms with Crippen LogP contribution in [0.25, 0.3) is 5.57 Å². The van der Waals surface area contributed by atoms with Gasteiger partial charge in [-0.1, -0.05) is 18.9 Å². The van der Waals surface area contributed by atoms with Gasteiger partial charge in [-0.25, -0.2) is 18.4 Å². The Labute approximate surface area is 150 Å². The highest BCUT2D eigenvalue weighted by Gasteiger charge is 2.20. The molecule has 8 heteroatoms. The lowest BCUT2D eigenvalue weighted by Crippen LogP contribution is -2.15. The third-order valence-corrected chi connectivity index (χ3v) is 5.82. The number of nitrogens with one attached hydrogen (secondary N) is 1. The summed E-state index contributed by atoms with van der Waals surface area (Å²) in [5, 5.41) is 5.11. The molecule has 0 saturated heterocycles. The summed E-state index contributed by atoms with van der Waals surface area (Å²) < 4.78 is 23.1. The molecule has 25 heavy (non-hydrogen) atoms. The summed E-state index contributed by atoms with van der Waals surface area (Å²) in [6.45, 7) is 0. The zero-order valence-electron chi connectivity index (χ0n) is 13.8. The van der Waals surface area contributed by atoms with Gasteiger partial charge in [0.25, 0.3) is 5.91 Å². The molecule has 0 spiro atoms. The maximum Gasteiger partial charge on any atom is 0.257 e. The monoisotopic (exact) mass is 377 g/mol. The predicted molar refractivity (Wildman–Crippen MR) is 98.0 cm³/mol. The van der Waals surface area contributed by atoms with Crippen LogP contribution in [0, 0.1) is 5.92 Å². The number of allylic oxidation sites excluding steroid dienone is 1. The molecule has 0 aliphatic heterocycles. The van der Waals surface area contributed by atoms with Crippen molar-refractivity contribution < 1.29 is 13.2 Å². The number of amides is 1. The fourth-order valence-electron chi connectivity index (χ4n) is 2.87. The number of hydrogen-bond donors (Lipinski definition) is 1. The number of carbonyl (C=O) groups is 1. The van der Waals surface area contributed by atoms with E-state index in [0.29, 0.717) is 22.2 Å². The number of pyridine rings is 1. The summed E-state index contributed by atoms with van der Waals surface area (Å²) in [6, 6.07) is 3.06. The van der Waals surface area contributed by atoms with E-state index in [1.165, 1.54) is 23.6 Å². The first-order valence-electron chi connectivity index (χ1n) is 8.02. The molecule has 1 fully saturated rings. The predicted octanol–water partition coefficient (Wildman–Crippen LogP) is 3.15. The van der Waals surface area contributed by atoms with Crippen LogP contribution in [0.3, 0.4) is 0 Å². The van der Waals surface area contributed by atoms with Gasteiger partial charge in [-0.15, -0.1) is 11.3 Å². The van der Waals surface area contributed by atoms with Crippen molar-refractivity contribution in [3.63, 3.8) is 0 Å². The van der Waals surface area contributed by atoms with E-state index in [1.807, 2.05) is 6.08 Å². The second-order valence-corrected chi connectivity index (χ2v) is 8.93. The van der Waals surface area contributed by atoms with Crippen molar-refractivity contribution in [1.29, 1.82) is 0 Å². The first-order valence-corrected chi connectivity index (χ1v) is 10.8. The number of aromatic nitrogens is 2.